The van der Waals surface area contributed by atoms with Crippen LogP contribution in [0, 0.1) is 0 Å². The third-order valence-electron chi connectivity index (χ3n) is 5.39. The number of alkyl halides is 3. The molecule has 182 valence electrons. The monoisotopic (exact) mass is 467 g/mol. The molecule has 0 saturated heterocycles. The Morgan fingerprint density at radius 2 is 1.70 bits per heavy atom. The Labute approximate surface area is 192 Å². The van der Waals surface area contributed by atoms with Gasteiger partial charge in [0.05, 0.1) is 12.1 Å². The van der Waals surface area contributed by atoms with Crippen LogP contribution in [-0.4, -0.2) is 59.5 Å². The minimum absolute atomic E-state index is 0.107. The van der Waals surface area contributed by atoms with Crippen LogP contribution >= 0.6 is 0 Å². The molecule has 0 spiro atoms. The normalized spacial score (nSPS) is 11.5. The van der Waals surface area contributed by atoms with Crippen LogP contribution in [0.2, 0.25) is 0 Å². The minimum Gasteiger partial charge on any atom is -0.385 e. The van der Waals surface area contributed by atoms with Gasteiger partial charge in [-0.05, 0) is 49.2 Å². The fourth-order valence-corrected chi connectivity index (χ4v) is 3.40. The maximum atomic E-state index is 13.2. The summed E-state index contributed by atoms with van der Waals surface area (Å²) in [5.74, 6) is -0.690. The number of aromatic nitrogens is 1. The summed E-state index contributed by atoms with van der Waals surface area (Å²) in [7, 11) is 3.45. The van der Waals surface area contributed by atoms with Crippen molar-refractivity contribution < 1.29 is 27.5 Å². The smallest absolute Gasteiger partial charge is 0.385 e. The van der Waals surface area contributed by atoms with E-state index in [0.717, 1.165) is 42.8 Å². The van der Waals surface area contributed by atoms with Gasteiger partial charge in [-0.3, -0.25) is 9.59 Å². The highest BCUT2D eigenvalue weighted by atomic mass is 19.4. The first-order valence-electron chi connectivity index (χ1n) is 11.0. The largest absolute Gasteiger partial charge is 0.416 e. The maximum Gasteiger partial charge on any atom is 0.416 e. The van der Waals surface area contributed by atoms with Gasteiger partial charge in [-0.2, -0.15) is 13.2 Å². The lowest BCUT2D eigenvalue weighted by molar-refractivity contribution is -0.137. The Balaban J connectivity index is 2.19. The van der Waals surface area contributed by atoms with Crippen molar-refractivity contribution in [1.29, 1.82) is 0 Å². The molecule has 0 aliphatic heterocycles. The van der Waals surface area contributed by atoms with Crippen molar-refractivity contribution in [2.45, 2.75) is 38.9 Å². The lowest BCUT2D eigenvalue weighted by Crippen LogP contribution is -2.43. The van der Waals surface area contributed by atoms with Crippen LogP contribution in [0.25, 0.3) is 0 Å². The zero-order valence-corrected chi connectivity index (χ0v) is 19.4. The quantitative estimate of drug-likeness (QED) is 0.436. The average Bonchev–Trinajstić information content (AvgIpc) is 3.19. The highest BCUT2D eigenvalue weighted by Crippen LogP contribution is 2.29. The standard InChI is InChI=1S/C24H32F3N3O3/c1-4-5-14-29(17-21-8-6-13-28(21)2)22(31)18-30(15-7-16-33-3)23(32)19-9-11-20(12-10-19)24(25,26)27/h6,8-13H,4-5,7,14-18H2,1-3H3. The average molecular weight is 468 g/mol. The molecule has 2 aromatic rings. The predicted molar refractivity (Wildman–Crippen MR) is 120 cm³/mol. The van der Waals surface area contributed by atoms with Gasteiger partial charge in [0.2, 0.25) is 5.91 Å². The topological polar surface area (TPSA) is 54.8 Å². The molecule has 33 heavy (non-hydrogen) atoms. The Bertz CT molecular complexity index is 894. The highest BCUT2D eigenvalue weighted by molar-refractivity contribution is 5.96. The van der Waals surface area contributed by atoms with E-state index in [2.05, 4.69) is 0 Å². The van der Waals surface area contributed by atoms with E-state index in [-0.39, 0.29) is 24.6 Å². The number of aryl methyl sites for hydroxylation is 1. The molecular weight excluding hydrogens is 435 g/mol. The molecular formula is C24H32F3N3O3. The number of unbranched alkanes of at least 4 members (excludes halogenated alkanes) is 1. The van der Waals surface area contributed by atoms with Crippen LogP contribution in [0.5, 0.6) is 0 Å². The number of carbonyl (C=O) groups excluding carboxylic acids is 2. The fraction of sp³-hybridized carbons (Fsp3) is 0.500. The SMILES string of the molecule is CCCCN(Cc1cccn1C)C(=O)CN(CCCOC)C(=O)c1ccc(C(F)(F)F)cc1. The molecule has 9 heteroatoms. The zero-order valence-electron chi connectivity index (χ0n) is 19.4. The number of amides is 2. The summed E-state index contributed by atoms with van der Waals surface area (Å²) < 4.78 is 45.6. The Hall–Kier alpha value is -2.81. The molecule has 1 heterocycles. The molecule has 1 aromatic heterocycles. The predicted octanol–water partition coefficient (Wildman–Crippen LogP) is 4.35. The first-order valence-corrected chi connectivity index (χ1v) is 11.0. The van der Waals surface area contributed by atoms with Gasteiger partial charge in [-0.15, -0.1) is 0 Å². The summed E-state index contributed by atoms with van der Waals surface area (Å²) in [6, 6.07) is 7.91. The maximum absolute atomic E-state index is 13.2. The number of hydrogen-bond donors (Lipinski definition) is 0. The van der Waals surface area contributed by atoms with Crippen molar-refractivity contribution in [2.24, 2.45) is 7.05 Å². The molecule has 0 unspecified atom stereocenters. The molecule has 0 atom stereocenters. The van der Waals surface area contributed by atoms with Crippen LogP contribution < -0.4 is 0 Å². The number of nitrogens with zero attached hydrogens (tertiary/aromatic N) is 3. The second-order valence-electron chi connectivity index (χ2n) is 7.93. The van der Waals surface area contributed by atoms with Crippen LogP contribution in [-0.2, 0) is 29.3 Å². The second kappa shape index (κ2) is 12.4. The summed E-state index contributed by atoms with van der Waals surface area (Å²) >= 11 is 0. The highest BCUT2D eigenvalue weighted by Gasteiger charge is 2.30. The van der Waals surface area contributed by atoms with Crippen LogP contribution in [0.15, 0.2) is 42.6 Å². The molecule has 0 N–H and O–H groups in total. The number of halogens is 3. The van der Waals surface area contributed by atoms with Crippen LogP contribution in [0.3, 0.4) is 0 Å². The third kappa shape index (κ3) is 7.92. The molecule has 0 bridgehead atoms. The summed E-state index contributed by atoms with van der Waals surface area (Å²) in [5, 5.41) is 0. The van der Waals surface area contributed by atoms with Gasteiger partial charge in [0.15, 0.2) is 0 Å². The van der Waals surface area contributed by atoms with Gasteiger partial charge in [0, 0.05) is 51.3 Å². The van der Waals surface area contributed by atoms with Crippen molar-refractivity contribution in [2.75, 3.05) is 33.4 Å². The molecule has 0 fully saturated rings. The van der Waals surface area contributed by atoms with Crippen molar-refractivity contribution in [3.8, 4) is 0 Å². The number of rotatable bonds is 12. The number of ether oxygens (including phenoxy) is 1. The number of benzene rings is 1. The Morgan fingerprint density at radius 1 is 1.03 bits per heavy atom. The summed E-state index contributed by atoms with van der Waals surface area (Å²) in [4.78, 5) is 29.4. The van der Waals surface area contributed by atoms with E-state index < -0.39 is 17.6 Å². The number of methoxy groups -OCH3 is 1. The third-order valence-corrected chi connectivity index (χ3v) is 5.39. The molecule has 1 aromatic carbocycles. The summed E-state index contributed by atoms with van der Waals surface area (Å²) in [6.07, 6.45) is -0.329. The molecule has 6 nitrogen and oxygen atoms in total. The minimum atomic E-state index is -4.48. The van der Waals surface area contributed by atoms with Gasteiger partial charge in [-0.1, -0.05) is 13.3 Å². The number of hydrogen-bond acceptors (Lipinski definition) is 3. The molecule has 2 amide bonds. The van der Waals surface area contributed by atoms with Gasteiger partial charge in [0.25, 0.3) is 5.91 Å². The van der Waals surface area contributed by atoms with Gasteiger partial charge in [0.1, 0.15) is 6.54 Å². The molecule has 0 aliphatic rings. The van der Waals surface area contributed by atoms with E-state index in [9.17, 15) is 22.8 Å². The van der Waals surface area contributed by atoms with Crippen LogP contribution in [0.4, 0.5) is 13.2 Å². The number of carbonyl (C=O) groups is 2. The van der Waals surface area contributed by atoms with Gasteiger partial charge in [-0.25, -0.2) is 0 Å². The molecule has 0 aliphatic carbocycles. The van der Waals surface area contributed by atoms with E-state index in [4.69, 9.17) is 4.74 Å². The first kappa shape index (κ1) is 26.4. The lowest BCUT2D eigenvalue weighted by atomic mass is 10.1. The summed E-state index contributed by atoms with van der Waals surface area (Å²) in [5.41, 5.74) is 0.254. The second-order valence-corrected chi connectivity index (χ2v) is 7.93. The van der Waals surface area contributed by atoms with E-state index >= 15 is 0 Å². The van der Waals surface area contributed by atoms with E-state index in [1.807, 2.05) is 36.9 Å². The van der Waals surface area contributed by atoms with Crippen molar-refractivity contribution in [1.82, 2.24) is 14.4 Å². The van der Waals surface area contributed by atoms with E-state index in [1.165, 1.54) is 4.90 Å². The van der Waals surface area contributed by atoms with Gasteiger partial charge < -0.3 is 19.1 Å². The Morgan fingerprint density at radius 3 is 2.24 bits per heavy atom. The fourth-order valence-electron chi connectivity index (χ4n) is 3.40. The Kier molecular flexibility index (Phi) is 9.96. The lowest BCUT2D eigenvalue weighted by Gasteiger charge is -2.28. The van der Waals surface area contributed by atoms with E-state index in [1.54, 1.807) is 12.0 Å². The van der Waals surface area contributed by atoms with Crippen molar-refractivity contribution in [3.05, 3.63) is 59.4 Å². The molecule has 2 rings (SSSR count). The van der Waals surface area contributed by atoms with Gasteiger partial charge >= 0.3 is 6.18 Å². The first-order chi connectivity index (χ1) is 15.7. The zero-order chi connectivity index (χ0) is 24.4. The molecule has 0 radical (unpaired) electrons. The van der Waals surface area contributed by atoms with Crippen LogP contribution in [0.1, 0.15) is 47.8 Å². The van der Waals surface area contributed by atoms with Crippen molar-refractivity contribution >= 4 is 11.8 Å². The van der Waals surface area contributed by atoms with E-state index in [0.29, 0.717) is 26.1 Å². The molecule has 0 saturated carbocycles. The summed E-state index contributed by atoms with van der Waals surface area (Å²) in [6.45, 7) is 3.51. The van der Waals surface area contributed by atoms with Crippen molar-refractivity contribution in [3.63, 3.8) is 0 Å².